The van der Waals surface area contributed by atoms with E-state index in [1.165, 1.54) is 7.11 Å². The molecule has 2 aromatic heterocycles. The molecule has 4 aromatic rings. The molecule has 3 amide bonds. The third kappa shape index (κ3) is 7.29. The van der Waals surface area contributed by atoms with Crippen LogP contribution in [0.5, 0.6) is 0 Å². The van der Waals surface area contributed by atoms with Crippen LogP contribution in [0.25, 0.3) is 33.6 Å². The molecule has 11 nitrogen and oxygen atoms in total. The Bertz CT molecular complexity index is 1820. The number of hydrogen-bond donors (Lipinski definition) is 3. The van der Waals surface area contributed by atoms with Gasteiger partial charge in [-0.15, -0.1) is 0 Å². The molecule has 2 aromatic carbocycles. The lowest BCUT2D eigenvalue weighted by atomic mass is 10.0. The van der Waals surface area contributed by atoms with Gasteiger partial charge in [0.15, 0.2) is 0 Å². The minimum absolute atomic E-state index is 0.0178. The average molecular weight is 684 g/mol. The zero-order valence-electron chi connectivity index (χ0n) is 29.3. The summed E-state index contributed by atoms with van der Waals surface area (Å²) in [7, 11) is 1.26. The molecule has 2 saturated heterocycles. The number of carbonyl (C=O) groups excluding carboxylic acids is 3. The molecular weight excluding hydrogens is 637 g/mol. The summed E-state index contributed by atoms with van der Waals surface area (Å²) in [5, 5.41) is 2.63. The smallest absolute Gasteiger partial charge is 0.407 e. The zero-order chi connectivity index (χ0) is 35.5. The quantitative estimate of drug-likeness (QED) is 0.164. The van der Waals surface area contributed by atoms with Crippen molar-refractivity contribution in [3.05, 3.63) is 72.3 Å². The van der Waals surface area contributed by atoms with E-state index in [1.54, 1.807) is 4.90 Å². The second-order valence-electron chi connectivity index (χ2n) is 14.0. The van der Waals surface area contributed by atoms with E-state index in [1.807, 2.05) is 73.5 Å². The van der Waals surface area contributed by atoms with Crippen molar-refractivity contribution in [2.75, 3.05) is 20.2 Å². The first-order valence-electron chi connectivity index (χ1n) is 17.5. The third-order valence-corrected chi connectivity index (χ3v) is 9.69. The molecule has 2 aliphatic rings. The van der Waals surface area contributed by atoms with Crippen LogP contribution in [0.3, 0.4) is 0 Å². The number of ether oxygens (including phenoxy) is 1. The molecule has 2 fully saturated rings. The van der Waals surface area contributed by atoms with Crippen LogP contribution in [0.4, 0.5) is 9.18 Å². The topological polar surface area (TPSA) is 136 Å². The molecule has 6 rings (SSSR count). The minimum Gasteiger partial charge on any atom is -0.453 e. The van der Waals surface area contributed by atoms with Gasteiger partial charge in [-0.25, -0.2) is 14.8 Å². The second kappa shape index (κ2) is 14.9. The van der Waals surface area contributed by atoms with Crippen molar-refractivity contribution >= 4 is 17.9 Å². The number of imidazole rings is 2. The van der Waals surface area contributed by atoms with Gasteiger partial charge in [0.2, 0.25) is 17.8 Å². The second-order valence-corrected chi connectivity index (χ2v) is 14.0. The SMILES string of the molecule is COC(=O)N[C@H](C(=O)N1CCC[C@H]1c1nc(F)c(-c2ccc(-c3ccc(-c4cnc([C@@H]5CCCN5C(=O)CC(C)C)[nH]4)cc3)cc2)[nH]1)C(C)C. The van der Waals surface area contributed by atoms with Crippen LogP contribution in [0.1, 0.15) is 83.5 Å². The standard InChI is InChI=1S/C38H46FN7O4/c1-22(2)20-31(47)45-18-6-8-29(45)35-40-21-28(41-35)26-14-10-24(11-15-26)25-12-16-27(17-13-25)33-34(39)44-36(42-33)30-9-7-19-46(30)37(48)32(23(3)4)43-38(49)50-5/h10-17,21-23,29-30,32H,6-9,18-20H2,1-5H3,(H,40,41)(H,42,44)(H,43,49)/t29-,30-,32-/m0/s1. The number of aromatic nitrogens is 4. The number of H-pyrrole nitrogens is 2. The summed E-state index contributed by atoms with van der Waals surface area (Å²) in [4.78, 5) is 57.3. The van der Waals surface area contributed by atoms with Gasteiger partial charge in [0.05, 0.1) is 31.1 Å². The fourth-order valence-electron chi connectivity index (χ4n) is 7.05. The van der Waals surface area contributed by atoms with Gasteiger partial charge >= 0.3 is 6.09 Å². The third-order valence-electron chi connectivity index (χ3n) is 9.69. The number of rotatable bonds is 10. The normalized spacial score (nSPS) is 18.2. The largest absolute Gasteiger partial charge is 0.453 e. The number of amides is 3. The van der Waals surface area contributed by atoms with Gasteiger partial charge in [-0.3, -0.25) is 9.59 Å². The Balaban J connectivity index is 1.13. The van der Waals surface area contributed by atoms with Gasteiger partial charge in [0.25, 0.3) is 0 Å². The van der Waals surface area contributed by atoms with E-state index in [9.17, 15) is 14.4 Å². The zero-order valence-corrected chi connectivity index (χ0v) is 29.3. The first-order chi connectivity index (χ1) is 24.0. The highest BCUT2D eigenvalue weighted by Crippen LogP contribution is 2.35. The van der Waals surface area contributed by atoms with E-state index in [2.05, 4.69) is 39.1 Å². The fourth-order valence-corrected chi connectivity index (χ4v) is 7.05. The summed E-state index contributed by atoms with van der Waals surface area (Å²) in [6.45, 7) is 9.09. The van der Waals surface area contributed by atoms with E-state index >= 15 is 4.39 Å². The number of halogens is 1. The highest BCUT2D eigenvalue weighted by Gasteiger charge is 2.38. The van der Waals surface area contributed by atoms with Gasteiger partial charge in [-0.2, -0.15) is 4.39 Å². The predicted octanol–water partition coefficient (Wildman–Crippen LogP) is 7.03. The molecule has 50 heavy (non-hydrogen) atoms. The summed E-state index contributed by atoms with van der Waals surface area (Å²) in [5.41, 5.74) is 4.78. The van der Waals surface area contributed by atoms with Gasteiger partial charge in [-0.05, 0) is 54.2 Å². The molecule has 0 radical (unpaired) electrons. The van der Waals surface area contributed by atoms with Gasteiger partial charge in [0.1, 0.15) is 23.4 Å². The number of aromatic amines is 2. The van der Waals surface area contributed by atoms with Crippen LogP contribution in [-0.4, -0.2) is 73.9 Å². The average Bonchev–Trinajstić information content (AvgIpc) is 3.93. The van der Waals surface area contributed by atoms with E-state index in [4.69, 9.17) is 4.74 Å². The highest BCUT2D eigenvalue weighted by atomic mass is 19.1. The first kappa shape index (κ1) is 34.8. The maximum absolute atomic E-state index is 15.3. The van der Waals surface area contributed by atoms with E-state index < -0.39 is 24.1 Å². The van der Waals surface area contributed by atoms with Gasteiger partial charge in [0, 0.05) is 25.1 Å². The number of methoxy groups -OCH3 is 1. The van der Waals surface area contributed by atoms with Crippen LogP contribution < -0.4 is 5.32 Å². The molecule has 3 N–H and O–H groups in total. The summed E-state index contributed by atoms with van der Waals surface area (Å²) in [6.07, 6.45) is 4.96. The van der Waals surface area contributed by atoms with Crippen LogP contribution >= 0.6 is 0 Å². The molecule has 3 atom stereocenters. The van der Waals surface area contributed by atoms with Gasteiger partial charge in [-0.1, -0.05) is 76.2 Å². The maximum Gasteiger partial charge on any atom is 0.407 e. The Morgan fingerprint density at radius 1 is 0.860 bits per heavy atom. The Morgan fingerprint density at radius 3 is 2.04 bits per heavy atom. The van der Waals surface area contributed by atoms with Crippen molar-refractivity contribution in [3.8, 4) is 33.6 Å². The van der Waals surface area contributed by atoms with E-state index in [0.717, 1.165) is 54.0 Å². The van der Waals surface area contributed by atoms with Crippen molar-refractivity contribution in [2.45, 2.75) is 77.9 Å². The van der Waals surface area contributed by atoms with Crippen molar-refractivity contribution in [1.82, 2.24) is 35.1 Å². The first-order valence-corrected chi connectivity index (χ1v) is 17.5. The molecule has 264 valence electrons. The number of nitrogens with zero attached hydrogens (tertiary/aromatic N) is 4. The number of carbonyl (C=O) groups is 3. The lowest BCUT2D eigenvalue weighted by Gasteiger charge is -2.29. The van der Waals surface area contributed by atoms with Crippen molar-refractivity contribution in [1.29, 1.82) is 0 Å². The monoisotopic (exact) mass is 683 g/mol. The fraction of sp³-hybridized carbons (Fsp3) is 0.447. The van der Waals surface area contributed by atoms with Crippen molar-refractivity contribution in [3.63, 3.8) is 0 Å². The molecule has 0 aliphatic carbocycles. The Labute approximate surface area is 292 Å². The summed E-state index contributed by atoms with van der Waals surface area (Å²) in [5.74, 6) is 0.668. The number of hydrogen-bond acceptors (Lipinski definition) is 6. The van der Waals surface area contributed by atoms with Crippen LogP contribution in [0, 0.1) is 17.8 Å². The molecule has 0 unspecified atom stereocenters. The van der Waals surface area contributed by atoms with Gasteiger partial charge < -0.3 is 29.8 Å². The highest BCUT2D eigenvalue weighted by molar-refractivity contribution is 5.86. The van der Waals surface area contributed by atoms with Crippen molar-refractivity contribution < 1.29 is 23.5 Å². The number of nitrogens with one attached hydrogen (secondary N) is 3. The molecule has 12 heteroatoms. The van der Waals surface area contributed by atoms with Crippen LogP contribution in [-0.2, 0) is 14.3 Å². The molecule has 0 bridgehead atoms. The molecule has 2 aliphatic heterocycles. The van der Waals surface area contributed by atoms with E-state index in [0.29, 0.717) is 36.7 Å². The van der Waals surface area contributed by atoms with Crippen LogP contribution in [0.2, 0.25) is 0 Å². The predicted molar refractivity (Wildman–Crippen MR) is 188 cm³/mol. The van der Waals surface area contributed by atoms with Crippen LogP contribution in [0.15, 0.2) is 54.7 Å². The molecule has 0 saturated carbocycles. The lowest BCUT2D eigenvalue weighted by Crippen LogP contribution is -2.51. The number of benzene rings is 2. The minimum atomic E-state index is -0.768. The Kier molecular flexibility index (Phi) is 10.4. The molecular formula is C38H46FN7O4. The number of alkyl carbamates (subject to hydrolysis) is 1. The molecule has 4 heterocycles. The summed E-state index contributed by atoms with van der Waals surface area (Å²) < 4.78 is 20.0. The summed E-state index contributed by atoms with van der Waals surface area (Å²) in [6, 6.07) is 14.5. The Hall–Kier alpha value is -5.00. The summed E-state index contributed by atoms with van der Waals surface area (Å²) >= 11 is 0. The van der Waals surface area contributed by atoms with Crippen molar-refractivity contribution in [2.24, 2.45) is 11.8 Å². The lowest BCUT2D eigenvalue weighted by molar-refractivity contribution is -0.135. The Morgan fingerprint density at radius 2 is 1.44 bits per heavy atom. The number of likely N-dealkylation sites (tertiary alicyclic amines) is 2. The molecule has 0 spiro atoms. The van der Waals surface area contributed by atoms with E-state index in [-0.39, 0.29) is 29.5 Å². The maximum atomic E-state index is 15.3.